The Morgan fingerprint density at radius 1 is 1.21 bits per heavy atom. The van der Waals surface area contributed by atoms with Crippen LogP contribution in [0.1, 0.15) is 20.7 Å². The van der Waals surface area contributed by atoms with Gasteiger partial charge in [-0.2, -0.15) is 0 Å². The Morgan fingerprint density at radius 3 is 2.63 bits per heavy atom. The van der Waals surface area contributed by atoms with Crippen molar-refractivity contribution in [2.45, 2.75) is 0 Å². The fourth-order valence-electron chi connectivity index (χ4n) is 1.54. The number of hydrogen-bond donors (Lipinski definition) is 2. The molecule has 0 spiro atoms. The van der Waals surface area contributed by atoms with Crippen molar-refractivity contribution in [1.29, 1.82) is 0 Å². The van der Waals surface area contributed by atoms with Gasteiger partial charge in [-0.25, -0.2) is 0 Å². The maximum Gasteiger partial charge on any atom is 0.260 e. The predicted octanol–water partition coefficient (Wildman–Crippen LogP) is 2.65. The molecule has 0 fully saturated rings. The van der Waals surface area contributed by atoms with Gasteiger partial charge in [0.1, 0.15) is 0 Å². The summed E-state index contributed by atoms with van der Waals surface area (Å²) >= 11 is 3.14. The summed E-state index contributed by atoms with van der Waals surface area (Å²) in [7, 11) is 1.55. The van der Waals surface area contributed by atoms with Crippen molar-refractivity contribution in [1.82, 2.24) is 5.32 Å². The smallest absolute Gasteiger partial charge is 0.260 e. The molecular weight excluding hydrogens is 312 g/mol. The van der Waals surface area contributed by atoms with Crippen LogP contribution in [0.25, 0.3) is 0 Å². The number of halogens is 1. The van der Waals surface area contributed by atoms with Crippen molar-refractivity contribution in [3.63, 3.8) is 0 Å². The van der Waals surface area contributed by atoms with Gasteiger partial charge in [0.25, 0.3) is 11.8 Å². The third-order valence-corrected chi connectivity index (χ3v) is 3.09. The Hall–Kier alpha value is -2.08. The van der Waals surface area contributed by atoms with Gasteiger partial charge in [0.05, 0.1) is 11.8 Å². The summed E-state index contributed by atoms with van der Waals surface area (Å²) in [5, 5.41) is 5.22. The average Bonchev–Trinajstić information content (AvgIpc) is 2.84. The van der Waals surface area contributed by atoms with Gasteiger partial charge in [0.2, 0.25) is 0 Å². The predicted molar refractivity (Wildman–Crippen MR) is 74.2 cm³/mol. The summed E-state index contributed by atoms with van der Waals surface area (Å²) in [6, 6.07) is 8.23. The molecule has 5 nitrogen and oxygen atoms in total. The van der Waals surface area contributed by atoms with Gasteiger partial charge in [-0.05, 0) is 40.2 Å². The summed E-state index contributed by atoms with van der Waals surface area (Å²) in [5.74, 6) is -0.518. The van der Waals surface area contributed by atoms with Crippen molar-refractivity contribution in [2.24, 2.45) is 0 Å². The normalized spacial score (nSPS) is 10.0. The molecule has 6 heteroatoms. The summed E-state index contributed by atoms with van der Waals surface area (Å²) in [5.41, 5.74) is 1.41. The van der Waals surface area contributed by atoms with E-state index in [1.54, 1.807) is 37.4 Å². The number of amides is 2. The average molecular weight is 323 g/mol. The van der Waals surface area contributed by atoms with Gasteiger partial charge in [-0.3, -0.25) is 9.59 Å². The molecule has 0 aliphatic rings. The number of anilines is 1. The molecule has 1 aromatic heterocycles. The van der Waals surface area contributed by atoms with Gasteiger partial charge in [0, 0.05) is 18.3 Å². The van der Waals surface area contributed by atoms with Crippen LogP contribution in [-0.2, 0) is 0 Å². The Morgan fingerprint density at radius 2 is 2.00 bits per heavy atom. The molecule has 2 rings (SSSR count). The highest BCUT2D eigenvalue weighted by Crippen LogP contribution is 2.19. The van der Waals surface area contributed by atoms with Crippen LogP contribution >= 0.6 is 15.9 Å². The lowest BCUT2D eigenvalue weighted by atomic mass is 10.2. The van der Waals surface area contributed by atoms with Gasteiger partial charge < -0.3 is 15.1 Å². The van der Waals surface area contributed by atoms with Crippen LogP contribution in [0.15, 0.2) is 45.7 Å². The molecule has 0 radical (unpaired) electrons. The highest BCUT2D eigenvalue weighted by atomic mass is 79.9. The minimum absolute atomic E-state index is 0.208. The lowest BCUT2D eigenvalue weighted by molar-refractivity contribution is 0.0961. The molecule has 1 heterocycles. The monoisotopic (exact) mass is 322 g/mol. The van der Waals surface area contributed by atoms with Crippen LogP contribution < -0.4 is 10.6 Å². The minimum atomic E-state index is -0.310. The van der Waals surface area contributed by atoms with Crippen LogP contribution in [-0.4, -0.2) is 18.9 Å². The molecule has 0 aliphatic heterocycles. The largest absolute Gasteiger partial charge is 0.457 e. The first-order valence-corrected chi connectivity index (χ1v) is 6.27. The maximum absolute atomic E-state index is 11.9. The highest BCUT2D eigenvalue weighted by Gasteiger charge is 2.13. The van der Waals surface area contributed by atoms with Crippen LogP contribution in [0.5, 0.6) is 0 Å². The van der Waals surface area contributed by atoms with Crippen molar-refractivity contribution in [2.75, 3.05) is 12.4 Å². The van der Waals surface area contributed by atoms with E-state index in [4.69, 9.17) is 4.42 Å². The van der Waals surface area contributed by atoms with Gasteiger partial charge in [0.15, 0.2) is 4.67 Å². The zero-order chi connectivity index (χ0) is 13.8. The van der Waals surface area contributed by atoms with Crippen molar-refractivity contribution < 1.29 is 14.0 Å². The van der Waals surface area contributed by atoms with E-state index in [0.29, 0.717) is 21.5 Å². The number of rotatable bonds is 3. The molecular formula is C13H11BrN2O3. The molecule has 0 aliphatic carbocycles. The van der Waals surface area contributed by atoms with Gasteiger partial charge >= 0.3 is 0 Å². The molecule has 0 atom stereocenters. The summed E-state index contributed by atoms with van der Waals surface area (Å²) < 4.78 is 5.36. The highest BCUT2D eigenvalue weighted by molar-refractivity contribution is 9.10. The number of hydrogen-bond acceptors (Lipinski definition) is 3. The topological polar surface area (TPSA) is 71.3 Å². The van der Waals surface area contributed by atoms with E-state index in [2.05, 4.69) is 26.6 Å². The third kappa shape index (κ3) is 3.03. The number of carbonyl (C=O) groups excluding carboxylic acids is 2. The van der Waals surface area contributed by atoms with E-state index >= 15 is 0 Å². The Bertz CT molecular complexity index is 622. The van der Waals surface area contributed by atoms with Crippen molar-refractivity contribution in [3.8, 4) is 0 Å². The lowest BCUT2D eigenvalue weighted by Gasteiger charge is -2.06. The van der Waals surface area contributed by atoms with Gasteiger partial charge in [-0.15, -0.1) is 0 Å². The summed E-state index contributed by atoms with van der Waals surface area (Å²) in [6.07, 6.45) is 1.42. The summed E-state index contributed by atoms with van der Waals surface area (Å²) in [4.78, 5) is 23.4. The molecule has 0 saturated heterocycles. The number of carbonyl (C=O) groups is 2. The van der Waals surface area contributed by atoms with Crippen LogP contribution in [0.2, 0.25) is 0 Å². The Kier molecular flexibility index (Phi) is 4.01. The maximum atomic E-state index is 11.9. The van der Waals surface area contributed by atoms with Crippen molar-refractivity contribution in [3.05, 3.63) is 52.4 Å². The molecule has 2 N–H and O–H groups in total. The first-order valence-electron chi connectivity index (χ1n) is 5.48. The molecule has 0 saturated carbocycles. The Balaban J connectivity index is 2.18. The fourth-order valence-corrected chi connectivity index (χ4v) is 1.96. The summed E-state index contributed by atoms with van der Waals surface area (Å²) in [6.45, 7) is 0. The second-order valence-corrected chi connectivity index (χ2v) is 4.44. The second kappa shape index (κ2) is 5.71. The molecule has 1 aromatic carbocycles. The number of nitrogens with one attached hydrogen (secondary N) is 2. The first kappa shape index (κ1) is 13.4. The van der Waals surface area contributed by atoms with E-state index in [1.807, 2.05) is 0 Å². The van der Waals surface area contributed by atoms with Crippen LogP contribution in [0.3, 0.4) is 0 Å². The number of furan rings is 1. The van der Waals surface area contributed by atoms with E-state index in [0.717, 1.165) is 0 Å². The zero-order valence-electron chi connectivity index (χ0n) is 10.1. The van der Waals surface area contributed by atoms with Crippen LogP contribution in [0.4, 0.5) is 5.69 Å². The fraction of sp³-hybridized carbons (Fsp3) is 0.0769. The van der Waals surface area contributed by atoms with Crippen molar-refractivity contribution >= 4 is 33.4 Å². The Labute approximate surface area is 118 Å². The molecule has 2 amide bonds. The molecule has 98 valence electrons. The van der Waals surface area contributed by atoms with E-state index < -0.39 is 0 Å². The third-order valence-electron chi connectivity index (χ3n) is 2.47. The zero-order valence-corrected chi connectivity index (χ0v) is 11.7. The minimum Gasteiger partial charge on any atom is -0.457 e. The quantitative estimate of drug-likeness (QED) is 0.912. The van der Waals surface area contributed by atoms with E-state index in [-0.39, 0.29) is 11.8 Å². The molecule has 0 bridgehead atoms. The van der Waals surface area contributed by atoms with E-state index in [1.165, 1.54) is 6.26 Å². The lowest BCUT2D eigenvalue weighted by Crippen LogP contribution is -2.18. The van der Waals surface area contributed by atoms with Gasteiger partial charge in [-0.1, -0.05) is 6.07 Å². The molecule has 0 unspecified atom stereocenters. The molecule has 2 aromatic rings. The number of benzene rings is 1. The second-order valence-electron chi connectivity index (χ2n) is 3.72. The van der Waals surface area contributed by atoms with Crippen LogP contribution in [0, 0.1) is 0 Å². The molecule has 19 heavy (non-hydrogen) atoms. The SMILES string of the molecule is CNC(=O)c1cccc(NC(=O)c2ccoc2Br)c1. The standard InChI is InChI=1S/C13H11BrN2O3/c1-15-12(17)8-3-2-4-9(7-8)16-13(18)10-5-6-19-11(10)14/h2-7H,1H3,(H,15,17)(H,16,18). The first-order chi connectivity index (χ1) is 9.11. The van der Waals surface area contributed by atoms with E-state index in [9.17, 15) is 9.59 Å².